The van der Waals surface area contributed by atoms with Crippen LogP contribution < -0.4 is 0 Å². The molecular formula is C20H28N2O3. The molecule has 1 unspecified atom stereocenters. The average molecular weight is 344 g/mol. The van der Waals surface area contributed by atoms with Gasteiger partial charge in [-0.05, 0) is 31.7 Å². The van der Waals surface area contributed by atoms with Crippen molar-refractivity contribution in [2.24, 2.45) is 0 Å². The van der Waals surface area contributed by atoms with E-state index in [0.29, 0.717) is 38.3 Å². The Balaban J connectivity index is 1.44. The van der Waals surface area contributed by atoms with Gasteiger partial charge in [0, 0.05) is 44.9 Å². The summed E-state index contributed by atoms with van der Waals surface area (Å²) in [6, 6.07) is 8.55. The molecule has 0 bridgehead atoms. The highest BCUT2D eigenvalue weighted by molar-refractivity contribution is 5.84. The number of likely N-dealkylation sites (tertiary alicyclic amines) is 2. The minimum absolute atomic E-state index is 0.0366. The Morgan fingerprint density at radius 3 is 2.16 bits per heavy atom. The molecule has 2 aliphatic heterocycles. The second-order valence-corrected chi connectivity index (χ2v) is 7.35. The molecule has 2 heterocycles. The molecule has 1 aromatic carbocycles. The average Bonchev–Trinajstić information content (AvgIpc) is 3.11. The molecule has 1 aromatic rings. The molecule has 0 aliphatic carbocycles. The first-order valence-electron chi connectivity index (χ1n) is 9.33. The van der Waals surface area contributed by atoms with Crippen LogP contribution in [0.2, 0.25) is 0 Å². The van der Waals surface area contributed by atoms with Crippen molar-refractivity contribution in [3.63, 3.8) is 0 Å². The molecule has 0 saturated carbocycles. The van der Waals surface area contributed by atoms with Crippen LogP contribution in [-0.4, -0.2) is 59.0 Å². The normalized spacial score (nSPS) is 21.6. The summed E-state index contributed by atoms with van der Waals surface area (Å²) in [6.45, 7) is 4.82. The first-order chi connectivity index (χ1) is 12.0. The van der Waals surface area contributed by atoms with Crippen LogP contribution in [0.25, 0.3) is 0 Å². The molecule has 3 rings (SSSR count). The molecule has 5 heteroatoms. The minimum atomic E-state index is -0.283. The Kier molecular flexibility index (Phi) is 5.74. The Labute approximate surface area is 149 Å². The standard InChI is InChI=1S/C20H28N2O3/c1-15-2-4-16(5-3-15)17-8-11-22(14-17)20(25)7-6-19(24)21-12-9-18(23)10-13-21/h2-5,17-18,23H,6-14H2,1H3. The maximum absolute atomic E-state index is 12.4. The van der Waals surface area contributed by atoms with Gasteiger partial charge in [-0.3, -0.25) is 9.59 Å². The van der Waals surface area contributed by atoms with Gasteiger partial charge in [-0.1, -0.05) is 29.8 Å². The predicted molar refractivity (Wildman–Crippen MR) is 96.2 cm³/mol. The van der Waals surface area contributed by atoms with Crippen molar-refractivity contribution in [3.8, 4) is 0 Å². The molecular weight excluding hydrogens is 316 g/mol. The van der Waals surface area contributed by atoms with Gasteiger partial charge in [-0.25, -0.2) is 0 Å². The number of amides is 2. The van der Waals surface area contributed by atoms with E-state index >= 15 is 0 Å². The largest absolute Gasteiger partial charge is 0.393 e. The highest BCUT2D eigenvalue weighted by Crippen LogP contribution is 2.28. The van der Waals surface area contributed by atoms with E-state index in [1.54, 1.807) is 4.90 Å². The van der Waals surface area contributed by atoms with E-state index in [0.717, 1.165) is 19.5 Å². The highest BCUT2D eigenvalue weighted by atomic mass is 16.3. The van der Waals surface area contributed by atoms with Crippen LogP contribution in [0, 0.1) is 6.92 Å². The van der Waals surface area contributed by atoms with Gasteiger partial charge in [0.1, 0.15) is 0 Å². The fourth-order valence-corrected chi connectivity index (χ4v) is 3.74. The maximum atomic E-state index is 12.4. The summed E-state index contributed by atoms with van der Waals surface area (Å²) in [6.07, 6.45) is 2.56. The first-order valence-corrected chi connectivity index (χ1v) is 9.33. The molecule has 1 atom stereocenters. The first kappa shape index (κ1) is 17.9. The van der Waals surface area contributed by atoms with Crippen LogP contribution in [0.15, 0.2) is 24.3 Å². The topological polar surface area (TPSA) is 60.9 Å². The number of aliphatic hydroxyl groups is 1. The van der Waals surface area contributed by atoms with Crippen molar-refractivity contribution in [2.45, 2.75) is 51.0 Å². The summed E-state index contributed by atoms with van der Waals surface area (Å²) in [5, 5.41) is 9.51. The molecule has 2 fully saturated rings. The second kappa shape index (κ2) is 8.00. The van der Waals surface area contributed by atoms with E-state index in [1.165, 1.54) is 11.1 Å². The number of hydrogen-bond acceptors (Lipinski definition) is 3. The Morgan fingerprint density at radius 1 is 0.960 bits per heavy atom. The molecule has 136 valence electrons. The number of carbonyl (C=O) groups excluding carboxylic acids is 2. The molecule has 0 radical (unpaired) electrons. The second-order valence-electron chi connectivity index (χ2n) is 7.35. The molecule has 0 aromatic heterocycles. The Morgan fingerprint density at radius 2 is 1.52 bits per heavy atom. The highest BCUT2D eigenvalue weighted by Gasteiger charge is 2.28. The van der Waals surface area contributed by atoms with Crippen molar-refractivity contribution in [1.82, 2.24) is 9.80 Å². The van der Waals surface area contributed by atoms with Crippen molar-refractivity contribution < 1.29 is 14.7 Å². The van der Waals surface area contributed by atoms with Gasteiger partial charge in [-0.15, -0.1) is 0 Å². The molecule has 0 spiro atoms. The van der Waals surface area contributed by atoms with E-state index < -0.39 is 0 Å². The van der Waals surface area contributed by atoms with Crippen LogP contribution >= 0.6 is 0 Å². The molecule has 2 amide bonds. The minimum Gasteiger partial charge on any atom is -0.393 e. The van der Waals surface area contributed by atoms with Crippen LogP contribution in [0.5, 0.6) is 0 Å². The molecule has 2 saturated heterocycles. The number of hydrogen-bond donors (Lipinski definition) is 1. The Hall–Kier alpha value is -1.88. The summed E-state index contributed by atoms with van der Waals surface area (Å²) < 4.78 is 0. The van der Waals surface area contributed by atoms with Crippen LogP contribution in [0.3, 0.4) is 0 Å². The number of aliphatic hydroxyl groups excluding tert-OH is 1. The smallest absolute Gasteiger partial charge is 0.223 e. The fourth-order valence-electron chi connectivity index (χ4n) is 3.74. The van der Waals surface area contributed by atoms with E-state index in [1.807, 2.05) is 4.90 Å². The third-order valence-corrected chi connectivity index (χ3v) is 5.46. The third kappa shape index (κ3) is 4.60. The van der Waals surface area contributed by atoms with E-state index in [-0.39, 0.29) is 24.3 Å². The Bertz CT molecular complexity index is 606. The predicted octanol–water partition coefficient (Wildman–Crippen LogP) is 2.07. The molecule has 2 aliphatic rings. The lowest BCUT2D eigenvalue weighted by molar-refractivity contribution is -0.137. The van der Waals surface area contributed by atoms with Crippen molar-refractivity contribution in [2.75, 3.05) is 26.2 Å². The number of piperidine rings is 1. The van der Waals surface area contributed by atoms with Gasteiger partial charge in [-0.2, -0.15) is 0 Å². The van der Waals surface area contributed by atoms with Crippen molar-refractivity contribution in [1.29, 1.82) is 0 Å². The summed E-state index contributed by atoms with van der Waals surface area (Å²) in [7, 11) is 0. The van der Waals surface area contributed by atoms with Gasteiger partial charge in [0.2, 0.25) is 11.8 Å². The molecule has 1 N–H and O–H groups in total. The number of carbonyl (C=O) groups is 2. The van der Waals surface area contributed by atoms with Crippen LogP contribution in [0.1, 0.15) is 49.1 Å². The molecule has 5 nitrogen and oxygen atoms in total. The van der Waals surface area contributed by atoms with Gasteiger partial charge < -0.3 is 14.9 Å². The number of benzene rings is 1. The summed E-state index contributed by atoms with van der Waals surface area (Å²) >= 11 is 0. The summed E-state index contributed by atoms with van der Waals surface area (Å²) in [4.78, 5) is 28.3. The maximum Gasteiger partial charge on any atom is 0.223 e. The zero-order chi connectivity index (χ0) is 17.8. The zero-order valence-corrected chi connectivity index (χ0v) is 15.0. The van der Waals surface area contributed by atoms with Gasteiger partial charge in [0.15, 0.2) is 0 Å². The quantitative estimate of drug-likeness (QED) is 0.910. The zero-order valence-electron chi connectivity index (χ0n) is 15.0. The lowest BCUT2D eigenvalue weighted by Gasteiger charge is -2.29. The van der Waals surface area contributed by atoms with Crippen molar-refractivity contribution >= 4 is 11.8 Å². The van der Waals surface area contributed by atoms with Crippen molar-refractivity contribution in [3.05, 3.63) is 35.4 Å². The van der Waals surface area contributed by atoms with E-state index in [9.17, 15) is 14.7 Å². The SMILES string of the molecule is Cc1ccc(C2CCN(C(=O)CCC(=O)N3CCC(O)CC3)C2)cc1. The van der Waals surface area contributed by atoms with Gasteiger partial charge in [0.25, 0.3) is 0 Å². The lowest BCUT2D eigenvalue weighted by atomic mass is 9.98. The van der Waals surface area contributed by atoms with E-state index in [2.05, 4.69) is 31.2 Å². The lowest BCUT2D eigenvalue weighted by Crippen LogP contribution is -2.40. The monoisotopic (exact) mass is 344 g/mol. The van der Waals surface area contributed by atoms with Crippen LogP contribution in [-0.2, 0) is 9.59 Å². The summed E-state index contributed by atoms with van der Waals surface area (Å²) in [5.74, 6) is 0.526. The van der Waals surface area contributed by atoms with Gasteiger partial charge >= 0.3 is 0 Å². The molecule has 25 heavy (non-hydrogen) atoms. The number of aryl methyl sites for hydroxylation is 1. The van der Waals surface area contributed by atoms with Gasteiger partial charge in [0.05, 0.1) is 6.10 Å². The van der Waals surface area contributed by atoms with Crippen LogP contribution in [0.4, 0.5) is 0 Å². The number of rotatable bonds is 4. The number of nitrogens with zero attached hydrogens (tertiary/aromatic N) is 2. The third-order valence-electron chi connectivity index (χ3n) is 5.46. The fraction of sp³-hybridized carbons (Fsp3) is 0.600. The summed E-state index contributed by atoms with van der Waals surface area (Å²) in [5.41, 5.74) is 2.54. The van der Waals surface area contributed by atoms with E-state index in [4.69, 9.17) is 0 Å².